The summed E-state index contributed by atoms with van der Waals surface area (Å²) in [5.41, 5.74) is 0.105. The fourth-order valence-electron chi connectivity index (χ4n) is 4.93. The molecule has 23 heavy (non-hydrogen) atoms. The van der Waals surface area contributed by atoms with Gasteiger partial charge in [0.15, 0.2) is 0 Å². The first-order chi connectivity index (χ1) is 11.3. The van der Waals surface area contributed by atoms with E-state index in [2.05, 4.69) is 9.80 Å². The maximum atomic E-state index is 11.8. The third kappa shape index (κ3) is 3.28. The Morgan fingerprint density at radius 3 is 2.70 bits per heavy atom. The van der Waals surface area contributed by atoms with Gasteiger partial charge in [0, 0.05) is 59.0 Å². The van der Waals surface area contributed by atoms with E-state index >= 15 is 0 Å². The third-order valence-electron chi connectivity index (χ3n) is 6.36. The molecule has 4 saturated heterocycles. The Bertz CT molecular complexity index is 430. The molecule has 0 aromatic carbocycles. The van der Waals surface area contributed by atoms with Gasteiger partial charge in [0.05, 0.1) is 5.60 Å². The molecule has 0 aromatic rings. The average Bonchev–Trinajstić information content (AvgIpc) is 3.12. The van der Waals surface area contributed by atoms with E-state index in [1.807, 2.05) is 0 Å². The first kappa shape index (κ1) is 15.9. The van der Waals surface area contributed by atoms with Crippen LogP contribution < -0.4 is 0 Å². The number of hydrogen-bond acceptors (Lipinski definition) is 4. The zero-order valence-corrected chi connectivity index (χ0v) is 14.2. The highest BCUT2D eigenvalue weighted by molar-refractivity contribution is 5.77. The minimum absolute atomic E-state index is 0.105. The van der Waals surface area contributed by atoms with E-state index in [9.17, 15) is 4.79 Å². The van der Waals surface area contributed by atoms with Crippen LogP contribution in [0.15, 0.2) is 0 Å². The monoisotopic (exact) mass is 322 g/mol. The molecule has 0 aromatic heterocycles. The van der Waals surface area contributed by atoms with E-state index in [1.54, 1.807) is 0 Å². The molecular formula is C18H30N2O3. The van der Waals surface area contributed by atoms with Gasteiger partial charge in [0.25, 0.3) is 0 Å². The van der Waals surface area contributed by atoms with Gasteiger partial charge < -0.3 is 14.4 Å². The maximum absolute atomic E-state index is 11.8. The van der Waals surface area contributed by atoms with Crippen LogP contribution >= 0.6 is 0 Å². The van der Waals surface area contributed by atoms with Crippen LogP contribution in [0.3, 0.4) is 0 Å². The highest BCUT2D eigenvalue weighted by atomic mass is 16.5. The Morgan fingerprint density at radius 1 is 1.13 bits per heavy atom. The predicted octanol–water partition coefficient (Wildman–Crippen LogP) is 1.52. The standard InChI is InChI=1S/C18H30N2O3/c21-17-2-1-7-20(17)8-3-16-6-11-23-18(16)13-19(14-18)12-15-4-9-22-10-5-15/h15-16H,1-14H2/t16-/m1/s1. The normalized spacial score (nSPS) is 31.9. The van der Waals surface area contributed by atoms with E-state index in [0.717, 1.165) is 71.2 Å². The summed E-state index contributed by atoms with van der Waals surface area (Å²) in [4.78, 5) is 16.4. The number of carbonyl (C=O) groups excluding carboxylic acids is 1. The lowest BCUT2D eigenvalue weighted by atomic mass is 9.78. The lowest BCUT2D eigenvalue weighted by molar-refractivity contribution is -0.142. The first-order valence-corrected chi connectivity index (χ1v) is 9.47. The topological polar surface area (TPSA) is 42.0 Å². The van der Waals surface area contributed by atoms with Gasteiger partial charge in [-0.2, -0.15) is 0 Å². The van der Waals surface area contributed by atoms with Crippen LogP contribution in [-0.2, 0) is 14.3 Å². The summed E-state index contributed by atoms with van der Waals surface area (Å²) in [6, 6.07) is 0. The minimum atomic E-state index is 0.105. The van der Waals surface area contributed by atoms with Crippen LogP contribution in [0, 0.1) is 11.8 Å². The van der Waals surface area contributed by atoms with Crippen molar-refractivity contribution in [2.24, 2.45) is 11.8 Å². The van der Waals surface area contributed by atoms with Gasteiger partial charge >= 0.3 is 0 Å². The third-order valence-corrected chi connectivity index (χ3v) is 6.36. The van der Waals surface area contributed by atoms with Crippen LogP contribution in [0.2, 0.25) is 0 Å². The van der Waals surface area contributed by atoms with Crippen molar-refractivity contribution >= 4 is 5.91 Å². The quantitative estimate of drug-likeness (QED) is 0.769. The van der Waals surface area contributed by atoms with Gasteiger partial charge in [-0.1, -0.05) is 0 Å². The number of amides is 1. The van der Waals surface area contributed by atoms with Crippen LogP contribution in [0.5, 0.6) is 0 Å². The Hall–Kier alpha value is -0.650. The Balaban J connectivity index is 1.24. The zero-order valence-electron chi connectivity index (χ0n) is 14.2. The van der Waals surface area contributed by atoms with Crippen molar-refractivity contribution in [3.63, 3.8) is 0 Å². The summed E-state index contributed by atoms with van der Waals surface area (Å²) < 4.78 is 11.6. The average molecular weight is 322 g/mol. The molecule has 1 atom stereocenters. The number of carbonyl (C=O) groups is 1. The Labute approximate surface area is 139 Å². The molecule has 4 aliphatic rings. The van der Waals surface area contributed by atoms with Crippen LogP contribution in [0.25, 0.3) is 0 Å². The van der Waals surface area contributed by atoms with E-state index in [-0.39, 0.29) is 5.60 Å². The Morgan fingerprint density at radius 2 is 1.96 bits per heavy atom. The molecule has 5 nitrogen and oxygen atoms in total. The van der Waals surface area contributed by atoms with Gasteiger partial charge in [-0.25, -0.2) is 0 Å². The van der Waals surface area contributed by atoms with Crippen molar-refractivity contribution in [1.29, 1.82) is 0 Å². The number of likely N-dealkylation sites (tertiary alicyclic amines) is 2. The molecule has 130 valence electrons. The summed E-state index contributed by atoms with van der Waals surface area (Å²) >= 11 is 0. The molecule has 4 rings (SSSR count). The summed E-state index contributed by atoms with van der Waals surface area (Å²) in [7, 11) is 0. The van der Waals surface area contributed by atoms with Crippen LogP contribution in [-0.4, -0.2) is 73.9 Å². The minimum Gasteiger partial charge on any atom is -0.381 e. The molecule has 4 heterocycles. The molecule has 0 aliphatic carbocycles. The van der Waals surface area contributed by atoms with Crippen molar-refractivity contribution in [1.82, 2.24) is 9.80 Å². The number of nitrogens with zero attached hydrogens (tertiary/aromatic N) is 2. The molecule has 4 fully saturated rings. The van der Waals surface area contributed by atoms with E-state index in [1.165, 1.54) is 25.8 Å². The van der Waals surface area contributed by atoms with Crippen molar-refractivity contribution in [3.05, 3.63) is 0 Å². The lowest BCUT2D eigenvalue weighted by Gasteiger charge is -2.51. The lowest BCUT2D eigenvalue weighted by Crippen LogP contribution is -2.65. The number of ether oxygens (including phenoxy) is 2. The highest BCUT2D eigenvalue weighted by Crippen LogP contribution is 2.42. The predicted molar refractivity (Wildman–Crippen MR) is 87.2 cm³/mol. The van der Waals surface area contributed by atoms with Crippen LogP contribution in [0.1, 0.15) is 38.5 Å². The second-order valence-electron chi connectivity index (χ2n) is 7.90. The molecule has 1 spiro atoms. The second-order valence-corrected chi connectivity index (χ2v) is 7.90. The van der Waals surface area contributed by atoms with Gasteiger partial charge in [-0.05, 0) is 43.9 Å². The molecule has 0 N–H and O–H groups in total. The van der Waals surface area contributed by atoms with Gasteiger partial charge in [0.1, 0.15) is 0 Å². The summed E-state index contributed by atoms with van der Waals surface area (Å²) in [6.45, 7) is 8.10. The van der Waals surface area contributed by atoms with Crippen molar-refractivity contribution in [2.75, 3.05) is 52.5 Å². The van der Waals surface area contributed by atoms with Gasteiger partial charge in [0.2, 0.25) is 5.91 Å². The molecule has 0 radical (unpaired) electrons. The Kier molecular flexibility index (Phi) is 4.61. The van der Waals surface area contributed by atoms with E-state index in [0.29, 0.717) is 11.8 Å². The molecular weight excluding hydrogens is 292 g/mol. The highest BCUT2D eigenvalue weighted by Gasteiger charge is 2.52. The van der Waals surface area contributed by atoms with Gasteiger partial charge in [-0.3, -0.25) is 9.69 Å². The van der Waals surface area contributed by atoms with Gasteiger partial charge in [-0.15, -0.1) is 0 Å². The molecule has 5 heteroatoms. The SMILES string of the molecule is O=C1CCCN1CC[C@@H]1CCOC12CN(CC1CCOCC1)C2. The second kappa shape index (κ2) is 6.69. The zero-order chi connectivity index (χ0) is 15.7. The first-order valence-electron chi connectivity index (χ1n) is 9.47. The molecule has 0 bridgehead atoms. The van der Waals surface area contributed by atoms with Crippen LogP contribution in [0.4, 0.5) is 0 Å². The largest absolute Gasteiger partial charge is 0.381 e. The fraction of sp³-hybridized carbons (Fsp3) is 0.944. The van der Waals surface area contributed by atoms with E-state index < -0.39 is 0 Å². The fourth-order valence-corrected chi connectivity index (χ4v) is 4.93. The summed E-state index contributed by atoms with van der Waals surface area (Å²) in [6.07, 6.45) is 6.52. The number of hydrogen-bond donors (Lipinski definition) is 0. The van der Waals surface area contributed by atoms with Crippen molar-refractivity contribution < 1.29 is 14.3 Å². The molecule has 0 unspecified atom stereocenters. The number of rotatable bonds is 5. The van der Waals surface area contributed by atoms with Crippen molar-refractivity contribution in [2.45, 2.75) is 44.1 Å². The molecule has 4 aliphatic heterocycles. The summed E-state index contributed by atoms with van der Waals surface area (Å²) in [5.74, 6) is 1.80. The molecule has 0 saturated carbocycles. The molecule has 1 amide bonds. The maximum Gasteiger partial charge on any atom is 0.222 e. The van der Waals surface area contributed by atoms with Crippen molar-refractivity contribution in [3.8, 4) is 0 Å². The van der Waals surface area contributed by atoms with E-state index in [4.69, 9.17) is 9.47 Å². The smallest absolute Gasteiger partial charge is 0.222 e. The summed E-state index contributed by atoms with van der Waals surface area (Å²) in [5, 5.41) is 0.